The lowest BCUT2D eigenvalue weighted by atomic mass is 10.0. The van der Waals surface area contributed by atoms with Crippen molar-refractivity contribution in [1.29, 1.82) is 0 Å². The molecular formula is C29H41N7O3. The van der Waals surface area contributed by atoms with E-state index in [0.717, 1.165) is 45.7 Å². The molecule has 210 valence electrons. The number of carbonyl (C=O) groups is 2. The summed E-state index contributed by atoms with van der Waals surface area (Å²) in [7, 11) is 3.98. The second-order valence-electron chi connectivity index (χ2n) is 10.8. The summed E-state index contributed by atoms with van der Waals surface area (Å²) in [4.78, 5) is 41.5. The lowest BCUT2D eigenvalue weighted by molar-refractivity contribution is -0.127. The van der Waals surface area contributed by atoms with Crippen molar-refractivity contribution in [3.8, 4) is 0 Å². The number of nitrogens with zero attached hydrogens (tertiary/aromatic N) is 6. The molecule has 3 heterocycles. The number of likely N-dealkylation sites (N-methyl/N-ethyl adjacent to an activating group) is 1. The van der Waals surface area contributed by atoms with E-state index in [9.17, 15) is 9.59 Å². The number of ether oxygens (including phenoxy) is 1. The highest BCUT2D eigenvalue weighted by Gasteiger charge is 2.37. The van der Waals surface area contributed by atoms with Crippen LogP contribution in [0.3, 0.4) is 0 Å². The van der Waals surface area contributed by atoms with E-state index >= 15 is 0 Å². The van der Waals surface area contributed by atoms with E-state index in [1.54, 1.807) is 23.2 Å². The van der Waals surface area contributed by atoms with Gasteiger partial charge in [-0.05, 0) is 43.6 Å². The number of amides is 2. The molecule has 4 rings (SSSR count). The van der Waals surface area contributed by atoms with E-state index in [0.29, 0.717) is 24.9 Å². The molecule has 10 heteroatoms. The van der Waals surface area contributed by atoms with Crippen LogP contribution < -0.4 is 10.2 Å². The highest BCUT2D eigenvalue weighted by molar-refractivity contribution is 5.89. The van der Waals surface area contributed by atoms with Crippen LogP contribution in [0.1, 0.15) is 25.0 Å². The Morgan fingerprint density at radius 2 is 1.85 bits per heavy atom. The van der Waals surface area contributed by atoms with Crippen molar-refractivity contribution >= 4 is 23.8 Å². The number of piperazine rings is 1. The van der Waals surface area contributed by atoms with Gasteiger partial charge in [0.2, 0.25) is 11.9 Å². The van der Waals surface area contributed by atoms with Gasteiger partial charge in [0.15, 0.2) is 0 Å². The van der Waals surface area contributed by atoms with Gasteiger partial charge in [-0.3, -0.25) is 14.6 Å². The van der Waals surface area contributed by atoms with Gasteiger partial charge in [-0.1, -0.05) is 44.2 Å². The zero-order valence-electron chi connectivity index (χ0n) is 23.5. The summed E-state index contributed by atoms with van der Waals surface area (Å²) in [6, 6.07) is 10.4. The van der Waals surface area contributed by atoms with Crippen LogP contribution in [0.15, 0.2) is 48.7 Å². The van der Waals surface area contributed by atoms with E-state index in [4.69, 9.17) is 4.74 Å². The molecule has 2 fully saturated rings. The standard InChI is InChI=1S/C29H41N7O3/c1-22(2)25-21-39-29(38)36(25)26-12-14-31-28(32-26)30-13-11-23-7-9-24(10-8-23)20-34-16-18-35(19-17-34)27(37)6-5-15-33(3)4/h5-10,12,14,22,25H,11,13,15-21H2,1-4H3,(H,30,31,32)/b6-5+/t25-/m1/s1. The fourth-order valence-electron chi connectivity index (χ4n) is 4.74. The van der Waals surface area contributed by atoms with Crippen molar-refractivity contribution in [2.45, 2.75) is 32.9 Å². The van der Waals surface area contributed by atoms with Gasteiger partial charge in [-0.15, -0.1) is 0 Å². The molecule has 1 aromatic carbocycles. The number of carbonyl (C=O) groups excluding carboxylic acids is 2. The Labute approximate surface area is 231 Å². The van der Waals surface area contributed by atoms with Crippen LogP contribution in [0.2, 0.25) is 0 Å². The summed E-state index contributed by atoms with van der Waals surface area (Å²) in [6.45, 7) is 10.1. The molecule has 1 aromatic heterocycles. The number of anilines is 2. The van der Waals surface area contributed by atoms with Crippen molar-refractivity contribution in [2.24, 2.45) is 5.92 Å². The summed E-state index contributed by atoms with van der Waals surface area (Å²) >= 11 is 0. The molecule has 2 aliphatic heterocycles. The Bertz CT molecular complexity index is 1130. The monoisotopic (exact) mass is 535 g/mol. The number of aromatic nitrogens is 2. The van der Waals surface area contributed by atoms with E-state index < -0.39 is 0 Å². The normalized spacial score (nSPS) is 18.4. The minimum Gasteiger partial charge on any atom is -0.447 e. The number of hydrogen-bond donors (Lipinski definition) is 1. The number of cyclic esters (lactones) is 1. The van der Waals surface area contributed by atoms with Crippen molar-refractivity contribution in [1.82, 2.24) is 24.7 Å². The number of hydrogen-bond acceptors (Lipinski definition) is 8. The van der Waals surface area contributed by atoms with Crippen LogP contribution in [0.25, 0.3) is 0 Å². The molecular weight excluding hydrogens is 494 g/mol. The maximum absolute atomic E-state index is 12.4. The first-order valence-electron chi connectivity index (χ1n) is 13.7. The van der Waals surface area contributed by atoms with Crippen LogP contribution in [-0.4, -0.2) is 103 Å². The fourth-order valence-corrected chi connectivity index (χ4v) is 4.74. The van der Waals surface area contributed by atoms with E-state index in [1.807, 2.05) is 30.0 Å². The summed E-state index contributed by atoms with van der Waals surface area (Å²) < 4.78 is 5.25. The lowest BCUT2D eigenvalue weighted by Gasteiger charge is -2.34. The summed E-state index contributed by atoms with van der Waals surface area (Å²) in [6.07, 6.45) is 5.75. The Morgan fingerprint density at radius 3 is 2.54 bits per heavy atom. The molecule has 0 unspecified atom stereocenters. The number of rotatable bonds is 11. The first-order chi connectivity index (χ1) is 18.8. The van der Waals surface area contributed by atoms with E-state index in [2.05, 4.69) is 58.3 Å². The number of nitrogens with one attached hydrogen (secondary N) is 1. The molecule has 0 bridgehead atoms. The van der Waals surface area contributed by atoms with Crippen LogP contribution in [0.4, 0.5) is 16.6 Å². The highest BCUT2D eigenvalue weighted by atomic mass is 16.6. The third-order valence-electron chi connectivity index (χ3n) is 7.10. The molecule has 2 aliphatic rings. The van der Waals surface area contributed by atoms with Crippen molar-refractivity contribution in [3.05, 3.63) is 59.8 Å². The number of benzene rings is 1. The maximum atomic E-state index is 12.4. The Kier molecular flexibility index (Phi) is 9.89. The van der Waals surface area contributed by atoms with Crippen LogP contribution in [-0.2, 0) is 22.5 Å². The third kappa shape index (κ3) is 8.00. The maximum Gasteiger partial charge on any atom is 0.415 e. The smallest absolute Gasteiger partial charge is 0.415 e. The fraction of sp³-hybridized carbons (Fsp3) is 0.517. The minimum atomic E-state index is -0.360. The SMILES string of the molecule is CC(C)[C@H]1COC(=O)N1c1ccnc(NCCc2ccc(CN3CCN(C(=O)/C=C/CN(C)C)CC3)cc2)n1. The van der Waals surface area contributed by atoms with Crippen LogP contribution in [0.5, 0.6) is 0 Å². The molecule has 39 heavy (non-hydrogen) atoms. The van der Waals surface area contributed by atoms with Crippen molar-refractivity contribution in [2.75, 3.05) is 70.2 Å². The van der Waals surface area contributed by atoms with E-state index in [1.165, 1.54) is 11.1 Å². The third-order valence-corrected chi connectivity index (χ3v) is 7.10. The zero-order chi connectivity index (χ0) is 27.8. The predicted octanol–water partition coefficient (Wildman–Crippen LogP) is 2.87. The van der Waals surface area contributed by atoms with Crippen molar-refractivity contribution in [3.63, 3.8) is 0 Å². The van der Waals surface area contributed by atoms with E-state index in [-0.39, 0.29) is 24.0 Å². The molecule has 0 saturated carbocycles. The summed E-state index contributed by atoms with van der Waals surface area (Å²) in [5, 5.41) is 3.28. The second-order valence-corrected chi connectivity index (χ2v) is 10.8. The topological polar surface area (TPSA) is 94.1 Å². The molecule has 1 atom stereocenters. The molecule has 0 spiro atoms. The zero-order valence-corrected chi connectivity index (χ0v) is 23.5. The molecule has 1 N–H and O–H groups in total. The van der Waals surface area contributed by atoms with Crippen LogP contribution in [0, 0.1) is 5.92 Å². The molecule has 10 nitrogen and oxygen atoms in total. The molecule has 2 aromatic rings. The Morgan fingerprint density at radius 1 is 1.13 bits per heavy atom. The van der Waals surface area contributed by atoms with Gasteiger partial charge in [0, 0.05) is 58.1 Å². The predicted molar refractivity (Wildman–Crippen MR) is 153 cm³/mol. The second kappa shape index (κ2) is 13.5. The molecule has 2 amide bonds. The largest absolute Gasteiger partial charge is 0.447 e. The van der Waals surface area contributed by atoms with Gasteiger partial charge in [-0.25, -0.2) is 9.78 Å². The van der Waals surface area contributed by atoms with Gasteiger partial charge in [0.05, 0.1) is 6.04 Å². The average molecular weight is 536 g/mol. The Hall–Kier alpha value is -3.50. The lowest BCUT2D eigenvalue weighted by Crippen LogP contribution is -2.47. The average Bonchev–Trinajstić information content (AvgIpc) is 3.32. The first kappa shape index (κ1) is 28.5. The molecule has 2 saturated heterocycles. The summed E-state index contributed by atoms with van der Waals surface area (Å²) in [5.41, 5.74) is 2.50. The molecule has 0 radical (unpaired) electrons. The van der Waals surface area contributed by atoms with Crippen LogP contribution >= 0.6 is 0 Å². The van der Waals surface area contributed by atoms with Crippen molar-refractivity contribution < 1.29 is 14.3 Å². The molecule has 0 aliphatic carbocycles. The van der Waals surface area contributed by atoms with Gasteiger partial charge in [0.25, 0.3) is 0 Å². The van der Waals surface area contributed by atoms with Gasteiger partial charge >= 0.3 is 6.09 Å². The van der Waals surface area contributed by atoms with Gasteiger partial charge < -0.3 is 19.9 Å². The first-order valence-corrected chi connectivity index (χ1v) is 13.7. The highest BCUT2D eigenvalue weighted by Crippen LogP contribution is 2.25. The minimum absolute atomic E-state index is 0.0274. The quantitative estimate of drug-likeness (QED) is 0.439. The summed E-state index contributed by atoms with van der Waals surface area (Å²) in [5.74, 6) is 1.42. The van der Waals surface area contributed by atoms with Gasteiger partial charge in [0.1, 0.15) is 12.4 Å². The Balaban J connectivity index is 1.21. The van der Waals surface area contributed by atoms with Gasteiger partial charge in [-0.2, -0.15) is 4.98 Å².